The van der Waals surface area contributed by atoms with Crippen molar-refractivity contribution in [2.45, 2.75) is 4.90 Å². The number of nitrogens with zero attached hydrogens (tertiary/aromatic N) is 2. The Morgan fingerprint density at radius 3 is 2.41 bits per heavy atom. The highest BCUT2D eigenvalue weighted by Crippen LogP contribution is 2.10. The first-order chi connectivity index (χ1) is 10.5. The van der Waals surface area contributed by atoms with Crippen LogP contribution in [0.5, 0.6) is 0 Å². The molecule has 2 aromatic rings. The molecule has 1 heterocycles. The molecule has 7 nitrogen and oxygen atoms in total. The van der Waals surface area contributed by atoms with E-state index in [0.717, 1.165) is 0 Å². The van der Waals surface area contributed by atoms with Gasteiger partial charge in [0, 0.05) is 13.6 Å². The molecular formula is C14H16N4O3S. The molecule has 2 rings (SSSR count). The summed E-state index contributed by atoms with van der Waals surface area (Å²) in [6.07, 6.45) is 0. The molecule has 1 aromatic heterocycles. The maximum Gasteiger partial charge on any atom is 0.271 e. The highest BCUT2D eigenvalue weighted by molar-refractivity contribution is 7.91. The van der Waals surface area contributed by atoms with Crippen LogP contribution in [0.25, 0.3) is 0 Å². The molecule has 0 aliphatic heterocycles. The maximum atomic E-state index is 12.1. The highest BCUT2D eigenvalue weighted by atomic mass is 32.2. The number of rotatable bonds is 6. The largest absolute Gasteiger partial charge is 0.368 e. The summed E-state index contributed by atoms with van der Waals surface area (Å²) >= 11 is 0. The van der Waals surface area contributed by atoms with E-state index < -0.39 is 9.84 Å². The van der Waals surface area contributed by atoms with Crippen molar-refractivity contribution >= 4 is 21.6 Å². The molecule has 0 bridgehead atoms. The Hall–Kier alpha value is -2.48. The van der Waals surface area contributed by atoms with Crippen LogP contribution in [-0.4, -0.2) is 43.9 Å². The van der Waals surface area contributed by atoms with E-state index in [4.69, 9.17) is 0 Å². The maximum absolute atomic E-state index is 12.1. The molecule has 0 spiro atoms. The van der Waals surface area contributed by atoms with E-state index in [2.05, 4.69) is 20.8 Å². The summed E-state index contributed by atoms with van der Waals surface area (Å²) in [5, 5.41) is 12.9. The first-order valence-corrected chi connectivity index (χ1v) is 8.25. The van der Waals surface area contributed by atoms with Crippen molar-refractivity contribution in [3.63, 3.8) is 0 Å². The van der Waals surface area contributed by atoms with Crippen molar-refractivity contribution in [1.29, 1.82) is 0 Å². The fourth-order valence-corrected chi connectivity index (χ4v) is 2.91. The molecular weight excluding hydrogens is 304 g/mol. The van der Waals surface area contributed by atoms with Crippen LogP contribution >= 0.6 is 0 Å². The number of anilines is 1. The number of aromatic nitrogens is 2. The summed E-state index contributed by atoms with van der Waals surface area (Å²) in [5.74, 6) is 0.0252. The van der Waals surface area contributed by atoms with Gasteiger partial charge in [-0.05, 0) is 24.3 Å². The zero-order chi connectivity index (χ0) is 16.0. The Morgan fingerprint density at radius 1 is 1.09 bits per heavy atom. The Kier molecular flexibility index (Phi) is 5.05. The van der Waals surface area contributed by atoms with Crippen molar-refractivity contribution in [2.24, 2.45) is 0 Å². The van der Waals surface area contributed by atoms with Crippen LogP contribution in [0.2, 0.25) is 0 Å². The number of nitrogens with one attached hydrogen (secondary N) is 2. The van der Waals surface area contributed by atoms with Crippen molar-refractivity contribution in [3.8, 4) is 0 Å². The molecule has 0 unspecified atom stereocenters. The lowest BCUT2D eigenvalue weighted by molar-refractivity contribution is 0.0957. The van der Waals surface area contributed by atoms with Gasteiger partial charge in [0.2, 0.25) is 0 Å². The van der Waals surface area contributed by atoms with Crippen LogP contribution < -0.4 is 10.6 Å². The van der Waals surface area contributed by atoms with Crippen molar-refractivity contribution in [3.05, 3.63) is 48.2 Å². The summed E-state index contributed by atoms with van der Waals surface area (Å²) in [7, 11) is -1.83. The Balaban J connectivity index is 1.92. The van der Waals surface area contributed by atoms with Crippen molar-refractivity contribution < 1.29 is 13.2 Å². The molecule has 0 aliphatic carbocycles. The molecule has 2 N–H and O–H groups in total. The SMILES string of the molecule is CNC(=O)c1ccc(NCCS(=O)(=O)c2ccccc2)nn1. The second-order valence-corrected chi connectivity index (χ2v) is 6.55. The lowest BCUT2D eigenvalue weighted by Gasteiger charge is -2.06. The molecule has 1 amide bonds. The third kappa shape index (κ3) is 4.01. The second-order valence-electron chi connectivity index (χ2n) is 4.44. The second kappa shape index (κ2) is 6.99. The van der Waals surface area contributed by atoms with Gasteiger partial charge in [0.05, 0.1) is 10.6 Å². The molecule has 0 radical (unpaired) electrons. The summed E-state index contributed by atoms with van der Waals surface area (Å²) in [6, 6.07) is 11.3. The molecule has 8 heteroatoms. The predicted molar refractivity (Wildman–Crippen MR) is 82.4 cm³/mol. The third-order valence-corrected chi connectivity index (χ3v) is 4.64. The minimum atomic E-state index is -3.33. The van der Waals surface area contributed by atoms with E-state index >= 15 is 0 Å². The molecule has 1 aromatic carbocycles. The van der Waals surface area contributed by atoms with E-state index in [1.807, 2.05) is 0 Å². The number of sulfone groups is 1. The lowest BCUT2D eigenvalue weighted by atomic mass is 10.3. The van der Waals surface area contributed by atoms with E-state index in [0.29, 0.717) is 5.82 Å². The highest BCUT2D eigenvalue weighted by Gasteiger charge is 2.13. The molecule has 116 valence electrons. The Labute approximate surface area is 128 Å². The summed E-state index contributed by atoms with van der Waals surface area (Å²) in [5.41, 5.74) is 0.199. The van der Waals surface area contributed by atoms with Gasteiger partial charge in [-0.25, -0.2) is 8.42 Å². The molecule has 0 saturated heterocycles. The van der Waals surface area contributed by atoms with Gasteiger partial charge >= 0.3 is 0 Å². The summed E-state index contributed by atoms with van der Waals surface area (Å²) in [4.78, 5) is 11.6. The van der Waals surface area contributed by atoms with Gasteiger partial charge in [0.15, 0.2) is 15.5 Å². The topological polar surface area (TPSA) is 101 Å². The zero-order valence-electron chi connectivity index (χ0n) is 12.0. The molecule has 22 heavy (non-hydrogen) atoms. The fraction of sp³-hybridized carbons (Fsp3) is 0.214. The Bertz CT molecular complexity index is 730. The standard InChI is InChI=1S/C14H16N4O3S/c1-15-14(19)12-7-8-13(18-17-12)16-9-10-22(20,21)11-5-3-2-4-6-11/h2-8H,9-10H2,1H3,(H,15,19)(H,16,18). The molecule has 0 saturated carbocycles. The van der Waals surface area contributed by atoms with E-state index in [1.165, 1.54) is 13.1 Å². The average molecular weight is 320 g/mol. The number of carbonyl (C=O) groups is 1. The van der Waals surface area contributed by atoms with Crippen LogP contribution in [0.15, 0.2) is 47.4 Å². The van der Waals surface area contributed by atoms with Crippen LogP contribution in [0.1, 0.15) is 10.5 Å². The van der Waals surface area contributed by atoms with E-state index in [-0.39, 0.29) is 28.8 Å². The van der Waals surface area contributed by atoms with Crippen molar-refractivity contribution in [1.82, 2.24) is 15.5 Å². The normalized spacial score (nSPS) is 11.0. The fourth-order valence-electron chi connectivity index (χ4n) is 1.73. The van der Waals surface area contributed by atoms with Gasteiger partial charge in [-0.15, -0.1) is 10.2 Å². The predicted octanol–water partition coefficient (Wildman–Crippen LogP) is 0.722. The first-order valence-electron chi connectivity index (χ1n) is 6.60. The van der Waals surface area contributed by atoms with Gasteiger partial charge in [-0.3, -0.25) is 4.79 Å². The number of benzene rings is 1. The van der Waals surface area contributed by atoms with Crippen molar-refractivity contribution in [2.75, 3.05) is 24.7 Å². The minimum absolute atomic E-state index is 0.0596. The van der Waals surface area contributed by atoms with Gasteiger partial charge in [0.25, 0.3) is 5.91 Å². The summed E-state index contributed by atoms with van der Waals surface area (Å²) < 4.78 is 24.2. The van der Waals surface area contributed by atoms with E-state index in [1.54, 1.807) is 36.4 Å². The number of amides is 1. The summed E-state index contributed by atoms with van der Waals surface area (Å²) in [6.45, 7) is 0.200. The number of hydrogen-bond acceptors (Lipinski definition) is 6. The van der Waals surface area contributed by atoms with Gasteiger partial charge in [0.1, 0.15) is 5.82 Å². The van der Waals surface area contributed by atoms with Crippen LogP contribution in [0, 0.1) is 0 Å². The quantitative estimate of drug-likeness (QED) is 0.813. The number of hydrogen-bond donors (Lipinski definition) is 2. The third-order valence-electron chi connectivity index (χ3n) is 2.90. The minimum Gasteiger partial charge on any atom is -0.368 e. The van der Waals surface area contributed by atoms with Gasteiger partial charge in [-0.1, -0.05) is 18.2 Å². The molecule has 0 fully saturated rings. The smallest absolute Gasteiger partial charge is 0.271 e. The monoisotopic (exact) mass is 320 g/mol. The van der Waals surface area contributed by atoms with Crippen LogP contribution in [0.3, 0.4) is 0 Å². The van der Waals surface area contributed by atoms with Crippen LogP contribution in [-0.2, 0) is 9.84 Å². The van der Waals surface area contributed by atoms with Crippen LogP contribution in [0.4, 0.5) is 5.82 Å². The average Bonchev–Trinajstić information content (AvgIpc) is 2.55. The number of carbonyl (C=O) groups excluding carboxylic acids is 1. The lowest BCUT2D eigenvalue weighted by Crippen LogP contribution is -2.20. The molecule has 0 atom stereocenters. The van der Waals surface area contributed by atoms with Gasteiger partial charge in [-0.2, -0.15) is 0 Å². The Morgan fingerprint density at radius 2 is 1.82 bits per heavy atom. The zero-order valence-corrected chi connectivity index (χ0v) is 12.8. The van der Waals surface area contributed by atoms with Gasteiger partial charge < -0.3 is 10.6 Å². The molecule has 0 aliphatic rings. The van der Waals surface area contributed by atoms with E-state index in [9.17, 15) is 13.2 Å². The first kappa shape index (κ1) is 15.9.